The number of benzene rings is 1. The predicted molar refractivity (Wildman–Crippen MR) is 88.2 cm³/mol. The number of nitrogens with zero attached hydrogens (tertiary/aromatic N) is 1. The van der Waals surface area contributed by atoms with E-state index >= 15 is 0 Å². The van der Waals surface area contributed by atoms with Crippen LogP contribution in [-0.2, 0) is 0 Å². The highest BCUT2D eigenvalue weighted by Crippen LogP contribution is 2.38. The second-order valence-electron chi connectivity index (χ2n) is 6.04. The first kappa shape index (κ1) is 15.8. The van der Waals surface area contributed by atoms with Crippen LogP contribution in [-0.4, -0.2) is 18.4 Å². The lowest BCUT2D eigenvalue weighted by Gasteiger charge is -2.37. The quantitative estimate of drug-likeness (QED) is 0.512. The molecule has 1 aromatic rings. The molecule has 1 aliphatic rings. The first-order valence-corrected chi connectivity index (χ1v) is 8.88. The lowest BCUT2D eigenvalue weighted by Crippen LogP contribution is -2.39. The van der Waals surface area contributed by atoms with E-state index in [9.17, 15) is 4.39 Å². The summed E-state index contributed by atoms with van der Waals surface area (Å²) in [6.07, 6.45) is 7.94. The minimum absolute atomic E-state index is 0.144. The Morgan fingerprint density at radius 3 is 2.45 bits per heavy atom. The second-order valence-corrected chi connectivity index (χ2v) is 6.60. The van der Waals surface area contributed by atoms with Gasteiger partial charge in [0.25, 0.3) is 0 Å². The van der Waals surface area contributed by atoms with Crippen molar-refractivity contribution in [3.63, 3.8) is 0 Å². The van der Waals surface area contributed by atoms with Crippen molar-refractivity contribution >= 4 is 21.6 Å². The molecule has 0 aliphatic heterocycles. The smallest absolute Gasteiger partial charge is 0.125 e. The highest BCUT2D eigenvalue weighted by atomic mass is 79.9. The summed E-state index contributed by atoms with van der Waals surface area (Å²) >= 11 is 3.75. The number of anilines is 1. The average molecular weight is 342 g/mol. The summed E-state index contributed by atoms with van der Waals surface area (Å²) in [5.74, 6) is -0.144. The molecule has 0 N–H and O–H groups in total. The standard InChI is InChI=1S/C17H25BrFN/c1-2-20(16-9-7-8-15(19)12-16)14-17(13-18)10-5-3-4-6-11-17/h7-9,12H,2-6,10-11,13-14H2,1H3. The van der Waals surface area contributed by atoms with Gasteiger partial charge in [0.15, 0.2) is 0 Å². The number of alkyl halides is 1. The molecule has 1 saturated carbocycles. The maximum Gasteiger partial charge on any atom is 0.125 e. The fourth-order valence-corrected chi connectivity index (χ4v) is 4.01. The number of hydrogen-bond acceptors (Lipinski definition) is 1. The van der Waals surface area contributed by atoms with Crippen molar-refractivity contribution in [3.8, 4) is 0 Å². The highest BCUT2D eigenvalue weighted by Gasteiger charge is 2.31. The molecule has 1 fully saturated rings. The van der Waals surface area contributed by atoms with E-state index in [0.717, 1.165) is 24.1 Å². The zero-order chi connectivity index (χ0) is 14.4. The molecule has 1 nitrogen and oxygen atoms in total. The summed E-state index contributed by atoms with van der Waals surface area (Å²) in [4.78, 5) is 2.33. The van der Waals surface area contributed by atoms with Crippen molar-refractivity contribution < 1.29 is 4.39 Å². The SMILES string of the molecule is CCN(CC1(CBr)CCCCCC1)c1cccc(F)c1. The van der Waals surface area contributed by atoms with E-state index in [0.29, 0.717) is 5.41 Å². The molecule has 1 aromatic carbocycles. The molecule has 112 valence electrons. The Balaban J connectivity index is 2.14. The van der Waals surface area contributed by atoms with Gasteiger partial charge in [-0.3, -0.25) is 0 Å². The lowest BCUT2D eigenvalue weighted by atomic mass is 9.82. The molecular formula is C17H25BrFN. The Bertz CT molecular complexity index is 413. The number of hydrogen-bond donors (Lipinski definition) is 0. The fourth-order valence-electron chi connectivity index (χ4n) is 3.28. The molecule has 0 amide bonds. The van der Waals surface area contributed by atoms with Gasteiger partial charge in [-0.15, -0.1) is 0 Å². The van der Waals surface area contributed by atoms with Crippen molar-refractivity contribution in [3.05, 3.63) is 30.1 Å². The first-order chi connectivity index (χ1) is 9.69. The van der Waals surface area contributed by atoms with Gasteiger partial charge in [0.1, 0.15) is 5.82 Å². The second kappa shape index (κ2) is 7.44. The Labute approximate surface area is 130 Å². The van der Waals surface area contributed by atoms with Crippen LogP contribution in [0.5, 0.6) is 0 Å². The molecular weight excluding hydrogens is 317 g/mol. The normalized spacial score (nSPS) is 18.6. The molecule has 0 aromatic heterocycles. The third kappa shape index (κ3) is 3.97. The molecule has 2 rings (SSSR count). The van der Waals surface area contributed by atoms with Crippen molar-refractivity contribution in [2.45, 2.75) is 45.4 Å². The van der Waals surface area contributed by atoms with Gasteiger partial charge in [-0.25, -0.2) is 4.39 Å². The van der Waals surface area contributed by atoms with Crippen LogP contribution in [0.15, 0.2) is 24.3 Å². The summed E-state index contributed by atoms with van der Waals surface area (Å²) in [5.41, 5.74) is 1.36. The fraction of sp³-hybridized carbons (Fsp3) is 0.647. The van der Waals surface area contributed by atoms with E-state index in [1.54, 1.807) is 12.1 Å². The van der Waals surface area contributed by atoms with E-state index in [4.69, 9.17) is 0 Å². The summed E-state index contributed by atoms with van der Waals surface area (Å²) in [6.45, 7) is 4.11. The van der Waals surface area contributed by atoms with E-state index in [-0.39, 0.29) is 5.82 Å². The third-order valence-electron chi connectivity index (χ3n) is 4.53. The summed E-state index contributed by atoms with van der Waals surface area (Å²) < 4.78 is 13.4. The van der Waals surface area contributed by atoms with E-state index < -0.39 is 0 Å². The highest BCUT2D eigenvalue weighted by molar-refractivity contribution is 9.09. The molecule has 1 aliphatic carbocycles. The number of rotatable bonds is 5. The van der Waals surface area contributed by atoms with Crippen molar-refractivity contribution in [1.29, 1.82) is 0 Å². The molecule has 0 atom stereocenters. The van der Waals surface area contributed by atoms with Crippen LogP contribution >= 0.6 is 15.9 Å². The molecule has 20 heavy (non-hydrogen) atoms. The lowest BCUT2D eigenvalue weighted by molar-refractivity contribution is 0.292. The summed E-state index contributed by atoms with van der Waals surface area (Å²) in [5, 5.41) is 1.05. The largest absolute Gasteiger partial charge is 0.371 e. The molecule has 0 heterocycles. The Morgan fingerprint density at radius 2 is 1.90 bits per heavy atom. The van der Waals surface area contributed by atoms with Crippen LogP contribution in [0.25, 0.3) is 0 Å². The first-order valence-electron chi connectivity index (χ1n) is 7.75. The molecule has 3 heteroatoms. The van der Waals surface area contributed by atoms with E-state index in [2.05, 4.69) is 27.8 Å². The maximum absolute atomic E-state index is 13.4. The molecule has 0 unspecified atom stereocenters. The Morgan fingerprint density at radius 1 is 1.20 bits per heavy atom. The summed E-state index contributed by atoms with van der Waals surface area (Å²) in [7, 11) is 0. The van der Waals surface area contributed by atoms with Gasteiger partial charge in [-0.2, -0.15) is 0 Å². The van der Waals surface area contributed by atoms with Gasteiger partial charge in [-0.05, 0) is 43.4 Å². The van der Waals surface area contributed by atoms with Crippen LogP contribution in [0.1, 0.15) is 45.4 Å². The minimum Gasteiger partial charge on any atom is -0.371 e. The van der Waals surface area contributed by atoms with Crippen LogP contribution < -0.4 is 4.90 Å². The summed E-state index contributed by atoms with van der Waals surface area (Å²) in [6, 6.07) is 7.00. The number of halogens is 2. The topological polar surface area (TPSA) is 3.24 Å². The van der Waals surface area contributed by atoms with Crippen molar-refractivity contribution in [1.82, 2.24) is 0 Å². The van der Waals surface area contributed by atoms with E-state index in [1.165, 1.54) is 44.6 Å². The van der Waals surface area contributed by atoms with Gasteiger partial charge in [-0.1, -0.05) is 47.7 Å². The molecule has 0 saturated heterocycles. The van der Waals surface area contributed by atoms with Gasteiger partial charge in [0.05, 0.1) is 0 Å². The Kier molecular flexibility index (Phi) is 5.88. The Hall–Kier alpha value is -0.570. The monoisotopic (exact) mass is 341 g/mol. The predicted octanol–water partition coefficient (Wildman–Crippen LogP) is 5.39. The molecule has 0 bridgehead atoms. The van der Waals surface area contributed by atoms with Crippen LogP contribution in [0.2, 0.25) is 0 Å². The zero-order valence-electron chi connectivity index (χ0n) is 12.4. The van der Waals surface area contributed by atoms with E-state index in [1.807, 2.05) is 6.07 Å². The van der Waals surface area contributed by atoms with Crippen molar-refractivity contribution in [2.75, 3.05) is 23.3 Å². The van der Waals surface area contributed by atoms with Gasteiger partial charge in [0.2, 0.25) is 0 Å². The average Bonchev–Trinajstić information content (AvgIpc) is 2.71. The van der Waals surface area contributed by atoms with Crippen LogP contribution in [0.4, 0.5) is 10.1 Å². The third-order valence-corrected chi connectivity index (χ3v) is 5.72. The minimum atomic E-state index is -0.144. The molecule has 0 radical (unpaired) electrons. The van der Waals surface area contributed by atoms with Gasteiger partial charge < -0.3 is 4.90 Å². The zero-order valence-corrected chi connectivity index (χ0v) is 14.0. The molecule has 0 spiro atoms. The van der Waals surface area contributed by atoms with Crippen molar-refractivity contribution in [2.24, 2.45) is 5.41 Å². The van der Waals surface area contributed by atoms with Gasteiger partial charge >= 0.3 is 0 Å². The maximum atomic E-state index is 13.4. The van der Waals surface area contributed by atoms with Crippen LogP contribution in [0.3, 0.4) is 0 Å². The van der Waals surface area contributed by atoms with Crippen LogP contribution in [0, 0.1) is 11.2 Å². The van der Waals surface area contributed by atoms with Gasteiger partial charge in [0, 0.05) is 24.1 Å².